The van der Waals surface area contributed by atoms with Crippen molar-refractivity contribution in [3.8, 4) is 11.1 Å². The molecule has 1 atom stereocenters. The lowest BCUT2D eigenvalue weighted by Crippen LogP contribution is -2.26. The maximum absolute atomic E-state index is 3.79. The Morgan fingerprint density at radius 1 is 0.500 bits per heavy atom. The molecule has 0 aliphatic heterocycles. The number of rotatable bonds is 0. The summed E-state index contributed by atoms with van der Waals surface area (Å²) < 4.78 is 1.13. The molecule has 0 nitrogen and oxygen atoms in total. The summed E-state index contributed by atoms with van der Waals surface area (Å²) in [6, 6.07) is 38.5. The van der Waals surface area contributed by atoms with Crippen LogP contribution in [0, 0.1) is 0 Å². The highest BCUT2D eigenvalue weighted by molar-refractivity contribution is 9.10. The molecule has 5 aromatic carbocycles. The molecule has 0 fully saturated rings. The van der Waals surface area contributed by atoms with Crippen molar-refractivity contribution in [2.45, 2.75) is 5.41 Å². The van der Waals surface area contributed by atoms with Gasteiger partial charge in [0, 0.05) is 4.47 Å². The van der Waals surface area contributed by atoms with Crippen LogP contribution in [0.5, 0.6) is 0 Å². The first-order chi connectivity index (χ1) is 15.8. The Kier molecular flexibility index (Phi) is 3.05. The van der Waals surface area contributed by atoms with Crippen LogP contribution < -0.4 is 0 Å². The van der Waals surface area contributed by atoms with Gasteiger partial charge in [0.05, 0.1) is 5.41 Å². The Labute approximate surface area is 195 Å². The molecule has 1 spiro atoms. The Bertz CT molecular complexity index is 1680. The molecule has 1 heteroatoms. The maximum Gasteiger partial charge on any atom is 0.0732 e. The molecular formula is C31H17Br. The molecular weight excluding hydrogens is 452 g/mol. The lowest BCUT2D eigenvalue weighted by molar-refractivity contribution is 0.843. The molecule has 8 rings (SSSR count). The van der Waals surface area contributed by atoms with Crippen molar-refractivity contribution in [1.82, 2.24) is 0 Å². The summed E-state index contributed by atoms with van der Waals surface area (Å²) in [4.78, 5) is 0. The fourth-order valence-corrected chi connectivity index (χ4v) is 7.03. The summed E-state index contributed by atoms with van der Waals surface area (Å²) in [7, 11) is 0. The summed E-state index contributed by atoms with van der Waals surface area (Å²) in [5.74, 6) is 0. The summed E-state index contributed by atoms with van der Waals surface area (Å²) in [6.45, 7) is 0. The van der Waals surface area contributed by atoms with Crippen LogP contribution in [0.25, 0.3) is 33.0 Å². The van der Waals surface area contributed by atoms with Crippen LogP contribution in [-0.4, -0.2) is 0 Å². The van der Waals surface area contributed by atoms with Crippen molar-refractivity contribution in [2.75, 3.05) is 0 Å². The van der Waals surface area contributed by atoms with Crippen LogP contribution in [0.4, 0.5) is 0 Å². The van der Waals surface area contributed by atoms with E-state index in [0.717, 1.165) is 4.47 Å². The first-order valence-electron chi connectivity index (χ1n) is 11.1. The Morgan fingerprint density at radius 3 is 1.94 bits per heavy atom. The van der Waals surface area contributed by atoms with E-state index in [4.69, 9.17) is 0 Å². The molecule has 5 aromatic rings. The van der Waals surface area contributed by atoms with Gasteiger partial charge in [-0.15, -0.1) is 0 Å². The molecule has 0 bridgehead atoms. The first-order valence-corrected chi connectivity index (χ1v) is 11.9. The van der Waals surface area contributed by atoms with Crippen molar-refractivity contribution < 1.29 is 0 Å². The SMILES string of the molecule is Brc1ccc2c(c1)C1(C3=C(c4ccccc41)c1cccc4cccc3c14)c1ccccc1-2. The largest absolute Gasteiger partial charge is 0.0732 e. The number of hydrogen-bond acceptors (Lipinski definition) is 0. The molecule has 0 amide bonds. The van der Waals surface area contributed by atoms with E-state index in [-0.39, 0.29) is 5.41 Å². The van der Waals surface area contributed by atoms with E-state index in [0.29, 0.717) is 0 Å². The highest BCUT2D eigenvalue weighted by Gasteiger charge is 2.55. The first kappa shape index (κ1) is 17.2. The minimum atomic E-state index is -0.297. The second-order valence-corrected chi connectivity index (χ2v) is 9.91. The zero-order valence-electron chi connectivity index (χ0n) is 17.2. The van der Waals surface area contributed by atoms with E-state index < -0.39 is 0 Å². The van der Waals surface area contributed by atoms with Crippen LogP contribution in [0.3, 0.4) is 0 Å². The van der Waals surface area contributed by atoms with Gasteiger partial charge in [0.25, 0.3) is 0 Å². The molecule has 0 saturated heterocycles. The average molecular weight is 469 g/mol. The Morgan fingerprint density at radius 2 is 1.12 bits per heavy atom. The third-order valence-corrected chi connectivity index (χ3v) is 8.17. The van der Waals surface area contributed by atoms with Gasteiger partial charge in [-0.05, 0) is 78.6 Å². The molecule has 0 radical (unpaired) electrons. The third-order valence-electron chi connectivity index (χ3n) is 7.68. The van der Waals surface area contributed by atoms with Crippen molar-refractivity contribution in [3.05, 3.63) is 141 Å². The summed E-state index contributed by atoms with van der Waals surface area (Å²) in [5.41, 5.74) is 13.6. The quantitative estimate of drug-likeness (QED) is 0.214. The van der Waals surface area contributed by atoms with Gasteiger partial charge in [0.2, 0.25) is 0 Å². The Hall–Kier alpha value is -3.42. The molecule has 0 aromatic heterocycles. The number of hydrogen-bond donors (Lipinski definition) is 0. The van der Waals surface area contributed by atoms with Crippen molar-refractivity contribution >= 4 is 37.8 Å². The van der Waals surface area contributed by atoms with Crippen molar-refractivity contribution in [3.63, 3.8) is 0 Å². The van der Waals surface area contributed by atoms with Gasteiger partial charge in [0.15, 0.2) is 0 Å². The zero-order valence-corrected chi connectivity index (χ0v) is 18.8. The van der Waals surface area contributed by atoms with Gasteiger partial charge in [-0.3, -0.25) is 0 Å². The van der Waals surface area contributed by atoms with Gasteiger partial charge >= 0.3 is 0 Å². The predicted octanol–water partition coefficient (Wildman–Crippen LogP) is 8.20. The molecule has 0 N–H and O–H groups in total. The fraction of sp³-hybridized carbons (Fsp3) is 0.0323. The molecule has 148 valence electrons. The minimum Gasteiger partial charge on any atom is -0.0619 e. The van der Waals surface area contributed by atoms with E-state index in [1.165, 1.54) is 66.4 Å². The summed E-state index contributed by atoms with van der Waals surface area (Å²) >= 11 is 3.79. The van der Waals surface area contributed by atoms with Gasteiger partial charge in [-0.25, -0.2) is 0 Å². The molecule has 0 heterocycles. The minimum absolute atomic E-state index is 0.297. The van der Waals surface area contributed by atoms with E-state index in [2.05, 4.69) is 119 Å². The highest BCUT2D eigenvalue weighted by atomic mass is 79.9. The van der Waals surface area contributed by atoms with Crippen LogP contribution >= 0.6 is 15.9 Å². The van der Waals surface area contributed by atoms with E-state index >= 15 is 0 Å². The standard InChI is InChI=1S/C31H17Br/c32-19-15-16-21-20-9-1-3-13-25(20)31(27(21)17-19)26-14-4-2-10-22(26)29-23-11-5-7-18-8-6-12-24(28(18)23)30(29)31/h1-17H. The zero-order chi connectivity index (χ0) is 21.0. The fourth-order valence-electron chi connectivity index (χ4n) is 6.67. The Balaban J connectivity index is 1.64. The van der Waals surface area contributed by atoms with Crippen molar-refractivity contribution in [1.29, 1.82) is 0 Å². The average Bonchev–Trinajstić information content (AvgIpc) is 3.43. The monoisotopic (exact) mass is 468 g/mol. The predicted molar refractivity (Wildman–Crippen MR) is 136 cm³/mol. The van der Waals surface area contributed by atoms with Gasteiger partial charge < -0.3 is 0 Å². The molecule has 32 heavy (non-hydrogen) atoms. The third kappa shape index (κ3) is 1.75. The topological polar surface area (TPSA) is 0 Å². The molecule has 0 saturated carbocycles. The van der Waals surface area contributed by atoms with Gasteiger partial charge in [0.1, 0.15) is 0 Å². The number of fused-ring (bicyclic) bond motifs is 11. The van der Waals surface area contributed by atoms with Crippen LogP contribution in [0.2, 0.25) is 0 Å². The second-order valence-electron chi connectivity index (χ2n) is 8.99. The lowest BCUT2D eigenvalue weighted by atomic mass is 9.68. The number of halogens is 1. The lowest BCUT2D eigenvalue weighted by Gasteiger charge is -2.33. The van der Waals surface area contributed by atoms with Gasteiger partial charge in [-0.2, -0.15) is 0 Å². The second kappa shape index (κ2) is 5.68. The van der Waals surface area contributed by atoms with Crippen LogP contribution in [0.15, 0.2) is 108 Å². The summed E-state index contributed by atoms with van der Waals surface area (Å²) in [6.07, 6.45) is 0. The molecule has 3 aliphatic rings. The van der Waals surface area contributed by atoms with E-state index in [1.54, 1.807) is 0 Å². The maximum atomic E-state index is 3.79. The molecule has 1 unspecified atom stereocenters. The normalized spacial score (nSPS) is 18.8. The number of benzene rings is 5. The number of allylic oxidation sites excluding steroid dienone is 1. The summed E-state index contributed by atoms with van der Waals surface area (Å²) in [5, 5.41) is 2.72. The highest BCUT2D eigenvalue weighted by Crippen LogP contribution is 2.68. The smallest absolute Gasteiger partial charge is 0.0619 e. The van der Waals surface area contributed by atoms with Crippen LogP contribution in [-0.2, 0) is 5.41 Å². The van der Waals surface area contributed by atoms with E-state index in [1.807, 2.05) is 0 Å². The van der Waals surface area contributed by atoms with Gasteiger partial charge in [-0.1, -0.05) is 107 Å². The van der Waals surface area contributed by atoms with E-state index in [9.17, 15) is 0 Å². The van der Waals surface area contributed by atoms with Crippen molar-refractivity contribution in [2.24, 2.45) is 0 Å². The van der Waals surface area contributed by atoms with Crippen LogP contribution in [0.1, 0.15) is 33.4 Å². The molecule has 3 aliphatic carbocycles.